The fourth-order valence-corrected chi connectivity index (χ4v) is 3.35. The van der Waals surface area contributed by atoms with Crippen LogP contribution in [0.1, 0.15) is 23.7 Å². The molecule has 1 aromatic carbocycles. The molecule has 0 aliphatic heterocycles. The van der Waals surface area contributed by atoms with Gasteiger partial charge in [0, 0.05) is 35.9 Å². The van der Waals surface area contributed by atoms with Crippen molar-refractivity contribution in [1.82, 2.24) is 25.3 Å². The van der Waals surface area contributed by atoms with Gasteiger partial charge in [-0.2, -0.15) is 4.98 Å². The van der Waals surface area contributed by atoms with E-state index in [2.05, 4.69) is 30.6 Å². The number of hydrogen-bond donors (Lipinski definition) is 1. The monoisotopic (exact) mass is 456 g/mol. The third-order valence-electron chi connectivity index (χ3n) is 4.17. The molecule has 158 valence electrons. The van der Waals surface area contributed by atoms with Gasteiger partial charge < -0.3 is 14.3 Å². The van der Waals surface area contributed by atoms with Crippen LogP contribution in [0.3, 0.4) is 0 Å². The molecule has 0 bridgehead atoms. The van der Waals surface area contributed by atoms with Crippen molar-refractivity contribution in [3.8, 4) is 11.5 Å². The second-order valence-corrected chi connectivity index (χ2v) is 7.85. The van der Waals surface area contributed by atoms with Gasteiger partial charge in [-0.25, -0.2) is 0 Å². The van der Waals surface area contributed by atoms with E-state index in [1.54, 1.807) is 30.6 Å². The van der Waals surface area contributed by atoms with E-state index in [1.165, 1.54) is 11.8 Å². The van der Waals surface area contributed by atoms with E-state index in [4.69, 9.17) is 20.5 Å². The average molecular weight is 457 g/mol. The minimum absolute atomic E-state index is 0.164. The molecule has 0 atom stereocenters. The maximum absolute atomic E-state index is 12.1. The van der Waals surface area contributed by atoms with E-state index >= 15 is 0 Å². The van der Waals surface area contributed by atoms with Gasteiger partial charge in [-0.1, -0.05) is 34.6 Å². The first kappa shape index (κ1) is 21.0. The smallest absolute Gasteiger partial charge is 0.277 e. The predicted molar refractivity (Wildman–Crippen MR) is 115 cm³/mol. The molecule has 0 saturated carbocycles. The Morgan fingerprint density at radius 1 is 1.26 bits per heavy atom. The van der Waals surface area contributed by atoms with E-state index in [9.17, 15) is 4.79 Å². The van der Waals surface area contributed by atoms with Crippen LogP contribution in [-0.2, 0) is 17.0 Å². The van der Waals surface area contributed by atoms with Gasteiger partial charge in [0.25, 0.3) is 5.22 Å². The zero-order valence-electron chi connectivity index (χ0n) is 16.4. The highest BCUT2D eigenvalue weighted by molar-refractivity contribution is 7.98. The van der Waals surface area contributed by atoms with Crippen molar-refractivity contribution in [2.75, 3.05) is 5.32 Å². The minimum Gasteiger partial charge on any atom is -0.411 e. The van der Waals surface area contributed by atoms with E-state index in [-0.39, 0.29) is 12.3 Å². The lowest BCUT2D eigenvalue weighted by molar-refractivity contribution is -0.116. The highest BCUT2D eigenvalue weighted by Gasteiger charge is 2.13. The summed E-state index contributed by atoms with van der Waals surface area (Å²) < 4.78 is 10.8. The highest BCUT2D eigenvalue weighted by atomic mass is 35.5. The Labute approximate surface area is 186 Å². The van der Waals surface area contributed by atoms with Crippen LogP contribution in [0.15, 0.2) is 56.9 Å². The van der Waals surface area contributed by atoms with Crippen molar-refractivity contribution < 1.29 is 13.7 Å². The summed E-state index contributed by atoms with van der Waals surface area (Å²) in [6, 6.07) is 9.00. The van der Waals surface area contributed by atoms with Gasteiger partial charge in [0.2, 0.25) is 17.7 Å². The van der Waals surface area contributed by atoms with E-state index in [0.29, 0.717) is 45.7 Å². The summed E-state index contributed by atoms with van der Waals surface area (Å²) in [7, 11) is 0. The molecule has 0 spiro atoms. The number of aryl methyl sites for hydroxylation is 2. The first-order chi connectivity index (χ1) is 15.1. The van der Waals surface area contributed by atoms with Crippen LogP contribution in [0.4, 0.5) is 5.69 Å². The fourth-order valence-electron chi connectivity index (χ4n) is 2.57. The van der Waals surface area contributed by atoms with Gasteiger partial charge in [0.1, 0.15) is 0 Å². The zero-order valence-corrected chi connectivity index (χ0v) is 18.0. The third-order valence-corrected chi connectivity index (χ3v) is 5.39. The number of carbonyl (C=O) groups is 1. The SMILES string of the molecule is Cc1ccc(NC(=O)CCc2nc(CSc3nnc(-c4cccnc4)o3)no2)cc1Cl. The van der Waals surface area contributed by atoms with Crippen LogP contribution in [0.25, 0.3) is 11.5 Å². The van der Waals surface area contributed by atoms with Crippen molar-refractivity contribution in [1.29, 1.82) is 0 Å². The van der Waals surface area contributed by atoms with Crippen LogP contribution in [0.2, 0.25) is 5.02 Å². The lowest BCUT2D eigenvalue weighted by Gasteiger charge is -2.06. The molecule has 0 radical (unpaired) electrons. The van der Waals surface area contributed by atoms with Gasteiger partial charge in [0.15, 0.2) is 5.82 Å². The Morgan fingerprint density at radius 3 is 2.97 bits per heavy atom. The second-order valence-electron chi connectivity index (χ2n) is 6.52. The molecule has 0 fully saturated rings. The van der Waals surface area contributed by atoms with Gasteiger partial charge in [0.05, 0.1) is 11.3 Å². The van der Waals surface area contributed by atoms with Crippen molar-refractivity contribution in [3.05, 3.63) is 65.0 Å². The number of carbonyl (C=O) groups excluding carboxylic acids is 1. The number of amides is 1. The maximum Gasteiger partial charge on any atom is 0.277 e. The number of pyridine rings is 1. The zero-order chi connectivity index (χ0) is 21.6. The molecule has 1 N–H and O–H groups in total. The lowest BCUT2D eigenvalue weighted by Crippen LogP contribution is -2.12. The standard InChI is InChI=1S/C20H17ClN6O3S/c1-12-4-5-14(9-15(12)21)23-17(28)6-7-18-24-16(27-30-18)11-31-20-26-25-19(29-20)13-3-2-8-22-10-13/h2-5,8-10H,6-7,11H2,1H3,(H,23,28). The number of halogens is 1. The molecular weight excluding hydrogens is 440 g/mol. The quantitative estimate of drug-likeness (QED) is 0.386. The maximum atomic E-state index is 12.1. The van der Waals surface area contributed by atoms with Crippen LogP contribution >= 0.6 is 23.4 Å². The molecule has 31 heavy (non-hydrogen) atoms. The second kappa shape index (κ2) is 9.71. The number of thioether (sulfide) groups is 1. The minimum atomic E-state index is -0.164. The average Bonchev–Trinajstić information content (AvgIpc) is 3.44. The topological polar surface area (TPSA) is 120 Å². The summed E-state index contributed by atoms with van der Waals surface area (Å²) in [5.74, 6) is 1.49. The molecular formula is C20H17ClN6O3S. The number of anilines is 1. The summed E-state index contributed by atoms with van der Waals surface area (Å²) in [5.41, 5.74) is 2.34. The summed E-state index contributed by atoms with van der Waals surface area (Å²) in [4.78, 5) is 20.5. The van der Waals surface area contributed by atoms with Crippen molar-refractivity contribution >= 4 is 35.0 Å². The first-order valence-corrected chi connectivity index (χ1v) is 10.7. The summed E-state index contributed by atoms with van der Waals surface area (Å²) in [6.45, 7) is 1.90. The Bertz CT molecular complexity index is 1180. The van der Waals surface area contributed by atoms with Gasteiger partial charge in [-0.15, -0.1) is 10.2 Å². The third kappa shape index (κ3) is 5.68. The first-order valence-electron chi connectivity index (χ1n) is 9.31. The largest absolute Gasteiger partial charge is 0.411 e. The molecule has 0 saturated heterocycles. The van der Waals surface area contributed by atoms with Gasteiger partial charge >= 0.3 is 0 Å². The van der Waals surface area contributed by atoms with E-state index in [0.717, 1.165) is 11.1 Å². The van der Waals surface area contributed by atoms with Gasteiger partial charge in [-0.3, -0.25) is 9.78 Å². The molecule has 11 heteroatoms. The summed E-state index contributed by atoms with van der Waals surface area (Å²) >= 11 is 7.37. The number of aromatic nitrogens is 5. The van der Waals surface area contributed by atoms with Crippen LogP contribution in [0.5, 0.6) is 0 Å². The van der Waals surface area contributed by atoms with Crippen LogP contribution in [0, 0.1) is 6.92 Å². The van der Waals surface area contributed by atoms with Crippen LogP contribution < -0.4 is 5.32 Å². The molecule has 4 rings (SSSR count). The van der Waals surface area contributed by atoms with Crippen molar-refractivity contribution in [2.24, 2.45) is 0 Å². The molecule has 3 heterocycles. The molecule has 3 aromatic heterocycles. The van der Waals surface area contributed by atoms with Crippen LogP contribution in [-0.4, -0.2) is 31.2 Å². The number of nitrogens with zero attached hydrogens (tertiary/aromatic N) is 5. The van der Waals surface area contributed by atoms with E-state index in [1.807, 2.05) is 19.1 Å². The highest BCUT2D eigenvalue weighted by Crippen LogP contribution is 2.24. The number of nitrogens with one attached hydrogen (secondary N) is 1. The normalized spacial score (nSPS) is 10.9. The van der Waals surface area contributed by atoms with E-state index < -0.39 is 0 Å². The predicted octanol–water partition coefficient (Wildman–Crippen LogP) is 4.34. The van der Waals surface area contributed by atoms with Crippen molar-refractivity contribution in [3.63, 3.8) is 0 Å². The fraction of sp³-hybridized carbons (Fsp3) is 0.200. The number of benzene rings is 1. The molecule has 0 aliphatic carbocycles. The Morgan fingerprint density at radius 2 is 2.16 bits per heavy atom. The molecule has 0 unspecified atom stereocenters. The molecule has 9 nitrogen and oxygen atoms in total. The Kier molecular flexibility index (Phi) is 6.58. The summed E-state index contributed by atoms with van der Waals surface area (Å²) in [6.07, 6.45) is 3.86. The molecule has 0 aliphatic rings. The van der Waals surface area contributed by atoms with Gasteiger partial charge in [-0.05, 0) is 36.8 Å². The lowest BCUT2D eigenvalue weighted by atomic mass is 10.2. The van der Waals surface area contributed by atoms with Crippen molar-refractivity contribution in [2.45, 2.75) is 30.7 Å². The molecule has 1 amide bonds. The number of hydrogen-bond acceptors (Lipinski definition) is 9. The summed E-state index contributed by atoms with van der Waals surface area (Å²) in [5, 5.41) is 15.7. The number of rotatable bonds is 8. The Balaban J connectivity index is 1.25. The Hall–Kier alpha value is -3.24. The molecule has 4 aromatic rings.